The minimum absolute atomic E-state index is 0.225. The van der Waals surface area contributed by atoms with E-state index in [9.17, 15) is 8.42 Å². The van der Waals surface area contributed by atoms with Gasteiger partial charge in [0.2, 0.25) is 10.0 Å². The fourth-order valence-electron chi connectivity index (χ4n) is 2.39. The predicted molar refractivity (Wildman–Crippen MR) is 85.9 cm³/mol. The molecule has 2 atom stereocenters. The highest BCUT2D eigenvalue weighted by molar-refractivity contribution is 8.00. The van der Waals surface area contributed by atoms with Gasteiger partial charge in [-0.05, 0) is 24.6 Å². The van der Waals surface area contributed by atoms with E-state index in [4.69, 9.17) is 17.3 Å². The molecule has 2 N–H and O–H groups in total. The van der Waals surface area contributed by atoms with Crippen molar-refractivity contribution in [3.8, 4) is 0 Å². The maximum atomic E-state index is 12.7. The molecule has 0 aromatic heterocycles. The van der Waals surface area contributed by atoms with Gasteiger partial charge in [0, 0.05) is 23.6 Å². The van der Waals surface area contributed by atoms with E-state index in [1.807, 2.05) is 25.6 Å². The van der Waals surface area contributed by atoms with Crippen LogP contribution in [0, 0.1) is 6.92 Å². The molecule has 0 amide bonds. The topological polar surface area (TPSA) is 63.4 Å². The lowest BCUT2D eigenvalue weighted by Crippen LogP contribution is -2.43. The quantitative estimate of drug-likeness (QED) is 0.845. The number of nitrogen functional groups attached to an aromatic ring is 1. The second-order valence-corrected chi connectivity index (χ2v) is 9.42. The van der Waals surface area contributed by atoms with E-state index in [1.54, 1.807) is 17.3 Å². The molecule has 1 heterocycles. The Labute approximate surface area is 129 Å². The highest BCUT2D eigenvalue weighted by Crippen LogP contribution is 2.32. The number of thioether (sulfide) groups is 1. The zero-order valence-corrected chi connectivity index (χ0v) is 14.1. The van der Waals surface area contributed by atoms with Crippen LogP contribution in [0.3, 0.4) is 0 Å². The summed E-state index contributed by atoms with van der Waals surface area (Å²) in [6.45, 7) is 6.90. The lowest BCUT2D eigenvalue weighted by molar-refractivity contribution is 0.405. The number of nitrogens with two attached hydrogens (primary N) is 1. The summed E-state index contributed by atoms with van der Waals surface area (Å²) in [6.07, 6.45) is 0. The second-order valence-electron chi connectivity index (χ2n) is 5.22. The average molecular weight is 335 g/mol. The first-order chi connectivity index (χ1) is 9.21. The van der Waals surface area contributed by atoms with Crippen LogP contribution in [0.2, 0.25) is 5.02 Å². The number of sulfonamides is 1. The largest absolute Gasteiger partial charge is 0.397 e. The Morgan fingerprint density at radius 2 is 1.85 bits per heavy atom. The third-order valence-electron chi connectivity index (χ3n) is 3.28. The Morgan fingerprint density at radius 3 is 2.35 bits per heavy atom. The summed E-state index contributed by atoms with van der Waals surface area (Å²) in [7, 11) is -3.51. The molecule has 0 aliphatic carbocycles. The molecule has 1 saturated heterocycles. The number of benzene rings is 1. The maximum absolute atomic E-state index is 12.7. The highest BCUT2D eigenvalue weighted by atomic mass is 35.5. The number of hydrogen-bond acceptors (Lipinski definition) is 4. The molecule has 1 aliphatic rings. The Morgan fingerprint density at radius 1 is 1.30 bits per heavy atom. The van der Waals surface area contributed by atoms with Crippen LogP contribution in [0.15, 0.2) is 17.0 Å². The SMILES string of the molecule is Cc1cc(S(=O)(=O)N2CC(C)SC(C)C2)cc(N)c1Cl. The Bertz CT molecular complexity index is 586. The van der Waals surface area contributed by atoms with Crippen molar-refractivity contribution < 1.29 is 8.42 Å². The van der Waals surface area contributed by atoms with Crippen LogP contribution >= 0.6 is 23.4 Å². The number of nitrogens with zero attached hydrogens (tertiary/aromatic N) is 1. The number of aryl methyl sites for hydroxylation is 1. The Hall–Kier alpha value is -0.430. The van der Waals surface area contributed by atoms with Crippen molar-refractivity contribution in [1.82, 2.24) is 4.31 Å². The van der Waals surface area contributed by atoms with Crippen molar-refractivity contribution in [2.75, 3.05) is 18.8 Å². The van der Waals surface area contributed by atoms with Gasteiger partial charge in [-0.15, -0.1) is 0 Å². The first-order valence-corrected chi connectivity index (χ1v) is 9.19. The first kappa shape index (κ1) is 15.9. The summed E-state index contributed by atoms with van der Waals surface area (Å²) in [5.74, 6) is 0. The van der Waals surface area contributed by atoms with Gasteiger partial charge in [0.05, 0.1) is 15.6 Å². The summed E-state index contributed by atoms with van der Waals surface area (Å²) in [5.41, 5.74) is 6.77. The van der Waals surface area contributed by atoms with Gasteiger partial charge >= 0.3 is 0 Å². The summed E-state index contributed by atoms with van der Waals surface area (Å²) in [6, 6.07) is 3.03. The molecule has 0 spiro atoms. The van der Waals surface area contributed by atoms with E-state index in [0.717, 1.165) is 0 Å². The van der Waals surface area contributed by atoms with Crippen LogP contribution in [0.5, 0.6) is 0 Å². The minimum atomic E-state index is -3.51. The molecule has 1 aliphatic heterocycles. The van der Waals surface area contributed by atoms with Crippen LogP contribution in [-0.2, 0) is 10.0 Å². The van der Waals surface area contributed by atoms with Gasteiger partial charge in [0.15, 0.2) is 0 Å². The third kappa shape index (κ3) is 3.08. The van der Waals surface area contributed by atoms with Crippen molar-refractivity contribution in [3.05, 3.63) is 22.7 Å². The lowest BCUT2D eigenvalue weighted by Gasteiger charge is -2.33. The van der Waals surface area contributed by atoms with Gasteiger partial charge in [-0.25, -0.2) is 8.42 Å². The van der Waals surface area contributed by atoms with E-state index >= 15 is 0 Å². The van der Waals surface area contributed by atoms with E-state index < -0.39 is 10.0 Å². The van der Waals surface area contributed by atoms with Gasteiger partial charge in [-0.1, -0.05) is 25.4 Å². The van der Waals surface area contributed by atoms with Crippen molar-refractivity contribution >= 4 is 39.1 Å². The fourth-order valence-corrected chi connectivity index (χ4v) is 5.75. The molecular formula is C13H19ClN2O2S2. The molecule has 1 fully saturated rings. The monoisotopic (exact) mass is 334 g/mol. The van der Waals surface area contributed by atoms with E-state index in [2.05, 4.69) is 0 Å². The minimum Gasteiger partial charge on any atom is -0.397 e. The van der Waals surface area contributed by atoms with Gasteiger partial charge in [0.1, 0.15) is 0 Å². The first-order valence-electron chi connectivity index (χ1n) is 6.43. The molecule has 0 radical (unpaired) electrons. The summed E-state index contributed by atoms with van der Waals surface area (Å²) < 4.78 is 27.0. The molecule has 1 aromatic carbocycles. The summed E-state index contributed by atoms with van der Waals surface area (Å²) in [5, 5.41) is 0.999. The second kappa shape index (κ2) is 5.75. The number of halogens is 1. The average Bonchev–Trinajstić information content (AvgIpc) is 2.34. The Balaban J connectivity index is 2.40. The number of rotatable bonds is 2. The van der Waals surface area contributed by atoms with Crippen LogP contribution in [0.25, 0.3) is 0 Å². The van der Waals surface area contributed by atoms with Crippen molar-refractivity contribution in [2.45, 2.75) is 36.2 Å². The molecule has 4 nitrogen and oxygen atoms in total. The number of anilines is 1. The summed E-state index contributed by atoms with van der Waals surface area (Å²) >= 11 is 7.81. The van der Waals surface area contributed by atoms with Crippen LogP contribution < -0.4 is 5.73 Å². The fraction of sp³-hybridized carbons (Fsp3) is 0.538. The lowest BCUT2D eigenvalue weighted by atomic mass is 10.2. The molecule has 2 rings (SSSR count). The standard InChI is InChI=1S/C13H19ClN2O2S2/c1-8-4-11(5-12(15)13(8)14)20(17,18)16-6-9(2)19-10(3)7-16/h4-5,9-10H,6-7,15H2,1-3H3. The van der Waals surface area contributed by atoms with Crippen molar-refractivity contribution in [1.29, 1.82) is 0 Å². The zero-order chi connectivity index (χ0) is 15.1. The van der Waals surface area contributed by atoms with Crippen LogP contribution in [-0.4, -0.2) is 36.3 Å². The smallest absolute Gasteiger partial charge is 0.243 e. The van der Waals surface area contributed by atoms with E-state index in [1.165, 1.54) is 6.07 Å². The molecule has 2 unspecified atom stereocenters. The molecule has 20 heavy (non-hydrogen) atoms. The van der Waals surface area contributed by atoms with Crippen LogP contribution in [0.1, 0.15) is 19.4 Å². The Kier molecular flexibility index (Phi) is 4.59. The molecular weight excluding hydrogens is 316 g/mol. The summed E-state index contributed by atoms with van der Waals surface area (Å²) in [4.78, 5) is 0.225. The number of hydrogen-bond donors (Lipinski definition) is 1. The van der Waals surface area contributed by atoms with Crippen molar-refractivity contribution in [2.24, 2.45) is 0 Å². The molecule has 7 heteroatoms. The third-order valence-corrected chi connectivity index (χ3v) is 6.83. The highest BCUT2D eigenvalue weighted by Gasteiger charge is 2.32. The van der Waals surface area contributed by atoms with Gasteiger partial charge < -0.3 is 5.73 Å². The molecule has 112 valence electrons. The zero-order valence-electron chi connectivity index (χ0n) is 11.8. The van der Waals surface area contributed by atoms with Gasteiger partial charge in [0.25, 0.3) is 0 Å². The normalized spacial score (nSPS) is 24.8. The van der Waals surface area contributed by atoms with E-state index in [-0.39, 0.29) is 4.90 Å². The van der Waals surface area contributed by atoms with E-state index in [0.29, 0.717) is 39.9 Å². The molecule has 0 bridgehead atoms. The van der Waals surface area contributed by atoms with Crippen molar-refractivity contribution in [3.63, 3.8) is 0 Å². The van der Waals surface area contributed by atoms with Crippen LogP contribution in [0.4, 0.5) is 5.69 Å². The molecule has 0 saturated carbocycles. The maximum Gasteiger partial charge on any atom is 0.243 e. The van der Waals surface area contributed by atoms with Gasteiger partial charge in [-0.3, -0.25) is 0 Å². The predicted octanol–water partition coefficient (Wildman–Crippen LogP) is 2.75. The molecule has 1 aromatic rings. The van der Waals surface area contributed by atoms with Gasteiger partial charge in [-0.2, -0.15) is 16.1 Å².